The summed E-state index contributed by atoms with van der Waals surface area (Å²) in [6.45, 7) is 1.95. The third kappa shape index (κ3) is 2.75. The van der Waals surface area contributed by atoms with Crippen LogP contribution in [0.3, 0.4) is 0 Å². The first kappa shape index (κ1) is 9.53. The molecule has 0 radical (unpaired) electrons. The van der Waals surface area contributed by atoms with E-state index >= 15 is 0 Å². The lowest BCUT2D eigenvalue weighted by Crippen LogP contribution is -2.23. The first-order valence-corrected chi connectivity index (χ1v) is 6.37. The number of hydrogen-bond donors (Lipinski definition) is 0. The second-order valence-corrected chi connectivity index (χ2v) is 5.93. The first-order valence-electron chi connectivity index (χ1n) is 4.11. The van der Waals surface area contributed by atoms with Crippen LogP contribution in [0.5, 0.6) is 0 Å². The van der Waals surface area contributed by atoms with E-state index in [2.05, 4.69) is 23.4 Å². The van der Waals surface area contributed by atoms with Crippen LogP contribution in [0.25, 0.3) is 0 Å². The Hall–Kier alpha value is 0.440. The lowest BCUT2D eigenvalue weighted by atomic mass is 10.2. The van der Waals surface area contributed by atoms with Crippen LogP contribution in [-0.4, -0.2) is 36.5 Å². The minimum atomic E-state index is -0.408. The third-order valence-electron chi connectivity index (χ3n) is 2.05. The molecule has 0 aliphatic carbocycles. The summed E-state index contributed by atoms with van der Waals surface area (Å²) in [7, 11) is 4.28. The van der Waals surface area contributed by atoms with Crippen molar-refractivity contribution in [2.75, 3.05) is 27.2 Å². The topological polar surface area (TPSA) is 6.48 Å². The highest BCUT2D eigenvalue weighted by atomic mass is 32.4. The van der Waals surface area contributed by atoms with E-state index in [1.807, 2.05) is 0 Å². The van der Waals surface area contributed by atoms with Gasteiger partial charge in [0.25, 0.3) is 0 Å². The summed E-state index contributed by atoms with van der Waals surface area (Å²) >= 11 is 5.40. The van der Waals surface area contributed by atoms with Gasteiger partial charge in [-0.25, -0.2) is 0 Å². The molecular formula is C7H16N2PS+. The predicted molar refractivity (Wildman–Crippen MR) is 53.4 cm³/mol. The Morgan fingerprint density at radius 2 is 1.45 bits per heavy atom. The van der Waals surface area contributed by atoms with Crippen molar-refractivity contribution in [3.8, 4) is 0 Å². The maximum atomic E-state index is 5.40. The zero-order valence-corrected chi connectivity index (χ0v) is 9.00. The van der Waals surface area contributed by atoms with E-state index in [1.54, 1.807) is 0 Å². The molecule has 4 heteroatoms. The van der Waals surface area contributed by atoms with E-state index in [9.17, 15) is 0 Å². The highest BCUT2D eigenvalue weighted by molar-refractivity contribution is 8.02. The molecule has 1 heterocycles. The molecule has 0 aromatic rings. The molecule has 1 rings (SSSR count). The van der Waals surface area contributed by atoms with Gasteiger partial charge in [0, 0.05) is 27.2 Å². The van der Waals surface area contributed by atoms with E-state index in [1.165, 1.54) is 32.4 Å². The van der Waals surface area contributed by atoms with Gasteiger partial charge >= 0.3 is 7.00 Å². The molecule has 11 heavy (non-hydrogen) atoms. The zero-order valence-electron chi connectivity index (χ0n) is 7.29. The Kier molecular flexibility index (Phi) is 3.86. The fourth-order valence-corrected chi connectivity index (χ4v) is 2.93. The van der Waals surface area contributed by atoms with Crippen molar-refractivity contribution in [1.29, 1.82) is 0 Å². The second kappa shape index (κ2) is 4.46. The van der Waals surface area contributed by atoms with Gasteiger partial charge in [0.1, 0.15) is 0 Å². The van der Waals surface area contributed by atoms with Gasteiger partial charge in [0.05, 0.1) is 0 Å². The molecule has 0 aromatic carbocycles. The molecule has 64 valence electrons. The third-order valence-corrected chi connectivity index (χ3v) is 5.29. The van der Waals surface area contributed by atoms with Gasteiger partial charge in [-0.1, -0.05) is 6.42 Å². The van der Waals surface area contributed by atoms with Gasteiger partial charge in [-0.15, -0.1) is 9.34 Å². The van der Waals surface area contributed by atoms with Gasteiger partial charge < -0.3 is 0 Å². The second-order valence-electron chi connectivity index (χ2n) is 3.08. The van der Waals surface area contributed by atoms with Gasteiger partial charge in [-0.3, -0.25) is 0 Å². The smallest absolute Gasteiger partial charge is 0.107 e. The normalized spacial score (nSPS) is 24.7. The quantitative estimate of drug-likeness (QED) is 0.539. The van der Waals surface area contributed by atoms with Crippen LogP contribution in [0.1, 0.15) is 19.3 Å². The van der Waals surface area contributed by atoms with Crippen LogP contribution in [0.15, 0.2) is 0 Å². The van der Waals surface area contributed by atoms with Crippen molar-refractivity contribution in [2.45, 2.75) is 19.3 Å². The van der Waals surface area contributed by atoms with E-state index in [0.717, 1.165) is 0 Å². The van der Waals surface area contributed by atoms with Crippen molar-refractivity contribution in [1.82, 2.24) is 9.34 Å². The molecule has 1 aliphatic heterocycles. The van der Waals surface area contributed by atoms with Crippen LogP contribution in [0, 0.1) is 0 Å². The van der Waals surface area contributed by atoms with Gasteiger partial charge in [0.2, 0.25) is 11.8 Å². The molecule has 0 amide bonds. The molecule has 1 aliphatic rings. The summed E-state index contributed by atoms with van der Waals surface area (Å²) in [5.41, 5.74) is 0. The molecule has 2 nitrogen and oxygen atoms in total. The summed E-state index contributed by atoms with van der Waals surface area (Å²) < 4.78 is 4.62. The monoisotopic (exact) mass is 191 g/mol. The number of rotatable bonds is 0. The highest BCUT2D eigenvalue weighted by Gasteiger charge is 2.25. The van der Waals surface area contributed by atoms with Gasteiger partial charge in [0.15, 0.2) is 0 Å². The van der Waals surface area contributed by atoms with Crippen molar-refractivity contribution in [3.05, 3.63) is 0 Å². The largest absolute Gasteiger partial charge is 0.365 e. The number of hydrogen-bond acceptors (Lipinski definition) is 1. The first-order chi connectivity index (χ1) is 5.22. The molecule has 0 atom stereocenters. The minimum absolute atomic E-state index is 0.408. The minimum Gasteiger partial charge on any atom is -0.107 e. The van der Waals surface area contributed by atoms with Crippen molar-refractivity contribution in [3.63, 3.8) is 0 Å². The van der Waals surface area contributed by atoms with Crippen LogP contribution in [-0.2, 0) is 11.8 Å². The SMILES string of the molecule is CN1CCCCCN(C)[P+]1=S. The summed E-state index contributed by atoms with van der Waals surface area (Å²) in [6.07, 6.45) is 3.99. The molecule has 0 saturated carbocycles. The van der Waals surface area contributed by atoms with Crippen LogP contribution in [0.2, 0.25) is 0 Å². The fourth-order valence-electron chi connectivity index (χ4n) is 1.29. The van der Waals surface area contributed by atoms with Gasteiger partial charge in [-0.2, -0.15) is 0 Å². The van der Waals surface area contributed by atoms with Crippen LogP contribution >= 0.6 is 7.00 Å². The standard InChI is InChI=1S/C7H16N2PS/c1-8-6-4-3-5-7-9(2)10(8)11/h3-7H2,1-2H3/q+1. The lowest BCUT2D eigenvalue weighted by Gasteiger charge is -2.16. The summed E-state index contributed by atoms with van der Waals surface area (Å²) in [6, 6.07) is 0. The lowest BCUT2D eigenvalue weighted by molar-refractivity contribution is 0.415. The van der Waals surface area contributed by atoms with Crippen molar-refractivity contribution in [2.24, 2.45) is 0 Å². The zero-order chi connectivity index (χ0) is 8.27. The van der Waals surface area contributed by atoms with Crippen molar-refractivity contribution >= 4 is 18.8 Å². The average molecular weight is 191 g/mol. The number of nitrogens with zero attached hydrogens (tertiary/aromatic N) is 2. The molecule has 1 fully saturated rings. The molecule has 0 bridgehead atoms. The Balaban J connectivity index is 2.49. The maximum Gasteiger partial charge on any atom is 0.365 e. The molecule has 0 N–H and O–H groups in total. The molecule has 0 unspecified atom stereocenters. The summed E-state index contributed by atoms with van der Waals surface area (Å²) in [4.78, 5) is 0. The molecular weight excluding hydrogens is 175 g/mol. The molecule has 0 spiro atoms. The Labute approximate surface area is 75.1 Å². The van der Waals surface area contributed by atoms with E-state index in [0.29, 0.717) is 0 Å². The van der Waals surface area contributed by atoms with E-state index < -0.39 is 7.00 Å². The Bertz CT molecular complexity index is 137. The van der Waals surface area contributed by atoms with Crippen molar-refractivity contribution < 1.29 is 0 Å². The van der Waals surface area contributed by atoms with E-state index in [4.69, 9.17) is 11.8 Å². The fraction of sp³-hybridized carbons (Fsp3) is 1.00. The van der Waals surface area contributed by atoms with Gasteiger partial charge in [-0.05, 0) is 12.8 Å². The molecule has 0 aromatic heterocycles. The highest BCUT2D eigenvalue weighted by Crippen LogP contribution is 2.31. The van der Waals surface area contributed by atoms with Crippen LogP contribution in [0.4, 0.5) is 0 Å². The summed E-state index contributed by atoms with van der Waals surface area (Å²) in [5.74, 6) is 0. The summed E-state index contributed by atoms with van der Waals surface area (Å²) in [5, 5.41) is 0. The van der Waals surface area contributed by atoms with Crippen LogP contribution < -0.4 is 0 Å². The van der Waals surface area contributed by atoms with E-state index in [-0.39, 0.29) is 0 Å². The average Bonchev–Trinajstić information content (AvgIpc) is 2.00. The Morgan fingerprint density at radius 1 is 1.00 bits per heavy atom. The predicted octanol–water partition coefficient (Wildman–Crippen LogP) is 1.81. The molecule has 1 saturated heterocycles. The Morgan fingerprint density at radius 3 is 1.91 bits per heavy atom. The maximum absolute atomic E-state index is 5.40.